The zero-order valence-corrected chi connectivity index (χ0v) is 9.06. The van der Waals surface area contributed by atoms with E-state index in [4.69, 9.17) is 11.0 Å². The number of nitriles is 1. The fourth-order valence-electron chi connectivity index (χ4n) is 1.13. The molecule has 0 radical (unpaired) electrons. The first-order chi connectivity index (χ1) is 6.70. The molecule has 14 heavy (non-hydrogen) atoms. The fraction of sp³-hybridized carbons (Fsp3) is 0.182. The van der Waals surface area contributed by atoms with Gasteiger partial charge in [0.2, 0.25) is 0 Å². The molecule has 0 aliphatic heterocycles. The molecule has 2 N–H and O–H groups in total. The first kappa shape index (κ1) is 10.7. The Bertz CT molecular complexity index is 402. The van der Waals surface area contributed by atoms with Crippen LogP contribution < -0.4 is 5.73 Å². The van der Waals surface area contributed by atoms with Crippen molar-refractivity contribution in [3.63, 3.8) is 0 Å². The molecule has 0 amide bonds. The first-order valence-electron chi connectivity index (χ1n) is 4.20. The maximum absolute atomic E-state index is 8.74. The number of nitrogens with zero attached hydrogens (tertiary/aromatic N) is 1. The second-order valence-electron chi connectivity index (χ2n) is 2.85. The lowest BCUT2D eigenvalue weighted by atomic mass is 10.1. The molecule has 0 saturated carbocycles. The topological polar surface area (TPSA) is 49.8 Å². The Labute approximate surface area is 88.4 Å². The predicted octanol–water partition coefficient (Wildman–Crippen LogP) is 2.62. The number of benzene rings is 1. The molecule has 0 saturated heterocycles. The molecule has 0 spiro atoms. The SMILES string of the molecule is CSc1ccccc1/C(N)=C(/C)C#N. The monoisotopic (exact) mass is 204 g/mol. The lowest BCUT2D eigenvalue weighted by Crippen LogP contribution is -2.00. The predicted molar refractivity (Wildman–Crippen MR) is 60.6 cm³/mol. The van der Waals surface area contributed by atoms with Gasteiger partial charge in [0.05, 0.1) is 11.8 Å². The second-order valence-corrected chi connectivity index (χ2v) is 3.70. The van der Waals surface area contributed by atoms with Crippen LogP contribution in [0, 0.1) is 11.3 Å². The van der Waals surface area contributed by atoms with Crippen molar-refractivity contribution < 1.29 is 0 Å². The molecule has 0 aliphatic carbocycles. The fourth-order valence-corrected chi connectivity index (χ4v) is 1.74. The molecule has 0 heterocycles. The molecule has 0 aliphatic rings. The van der Waals surface area contributed by atoms with Crippen molar-refractivity contribution in [2.24, 2.45) is 5.73 Å². The lowest BCUT2D eigenvalue weighted by molar-refractivity contribution is 1.33. The van der Waals surface area contributed by atoms with E-state index in [-0.39, 0.29) is 0 Å². The van der Waals surface area contributed by atoms with Crippen molar-refractivity contribution in [1.82, 2.24) is 0 Å². The summed E-state index contributed by atoms with van der Waals surface area (Å²) >= 11 is 1.63. The summed E-state index contributed by atoms with van der Waals surface area (Å²) in [6, 6.07) is 9.88. The summed E-state index contributed by atoms with van der Waals surface area (Å²) in [7, 11) is 0. The number of nitrogens with two attached hydrogens (primary N) is 1. The van der Waals surface area contributed by atoms with Crippen molar-refractivity contribution in [3.8, 4) is 6.07 Å². The van der Waals surface area contributed by atoms with Gasteiger partial charge in [0.1, 0.15) is 0 Å². The van der Waals surface area contributed by atoms with Gasteiger partial charge in [-0.1, -0.05) is 18.2 Å². The van der Waals surface area contributed by atoms with Gasteiger partial charge in [0, 0.05) is 16.0 Å². The quantitative estimate of drug-likeness (QED) is 0.595. The van der Waals surface area contributed by atoms with E-state index in [1.165, 1.54) is 0 Å². The summed E-state index contributed by atoms with van der Waals surface area (Å²) in [5, 5.41) is 8.74. The number of hydrogen-bond acceptors (Lipinski definition) is 3. The number of rotatable bonds is 2. The van der Waals surface area contributed by atoms with E-state index in [0.29, 0.717) is 11.3 Å². The zero-order chi connectivity index (χ0) is 10.6. The Morgan fingerprint density at radius 1 is 1.43 bits per heavy atom. The minimum absolute atomic E-state index is 0.562. The summed E-state index contributed by atoms with van der Waals surface area (Å²) < 4.78 is 0. The lowest BCUT2D eigenvalue weighted by Gasteiger charge is -2.07. The third kappa shape index (κ3) is 2.09. The summed E-state index contributed by atoms with van der Waals surface area (Å²) in [6.45, 7) is 1.73. The van der Waals surface area contributed by atoms with Gasteiger partial charge in [-0.25, -0.2) is 0 Å². The highest BCUT2D eigenvalue weighted by Gasteiger charge is 2.05. The largest absolute Gasteiger partial charge is 0.397 e. The van der Waals surface area contributed by atoms with Crippen LogP contribution in [-0.4, -0.2) is 6.26 Å². The number of thioether (sulfide) groups is 1. The molecule has 3 heteroatoms. The maximum atomic E-state index is 8.74. The molecule has 2 nitrogen and oxygen atoms in total. The smallest absolute Gasteiger partial charge is 0.0965 e. The van der Waals surface area contributed by atoms with E-state index < -0.39 is 0 Å². The maximum Gasteiger partial charge on any atom is 0.0965 e. The van der Waals surface area contributed by atoms with Gasteiger partial charge in [-0.05, 0) is 19.2 Å². The Hall–Kier alpha value is -1.40. The van der Waals surface area contributed by atoms with Crippen LogP contribution in [0.3, 0.4) is 0 Å². The molecule has 1 rings (SSSR count). The standard InChI is InChI=1S/C11H12N2S/c1-8(7-12)11(13)9-5-3-4-6-10(9)14-2/h3-6H,13H2,1-2H3/b11-8+. The van der Waals surface area contributed by atoms with Crippen molar-refractivity contribution in [3.05, 3.63) is 35.4 Å². The van der Waals surface area contributed by atoms with Gasteiger partial charge in [0.25, 0.3) is 0 Å². The van der Waals surface area contributed by atoms with Crippen LogP contribution in [0.1, 0.15) is 12.5 Å². The zero-order valence-electron chi connectivity index (χ0n) is 8.24. The Morgan fingerprint density at radius 3 is 2.64 bits per heavy atom. The minimum atomic E-state index is 0.562. The first-order valence-corrected chi connectivity index (χ1v) is 5.43. The highest BCUT2D eigenvalue weighted by Crippen LogP contribution is 2.25. The Kier molecular flexibility index (Phi) is 3.61. The number of allylic oxidation sites excluding steroid dienone is 1. The second kappa shape index (κ2) is 4.73. The highest BCUT2D eigenvalue weighted by molar-refractivity contribution is 7.98. The van der Waals surface area contributed by atoms with Crippen molar-refractivity contribution in [2.45, 2.75) is 11.8 Å². The highest BCUT2D eigenvalue weighted by atomic mass is 32.2. The van der Waals surface area contributed by atoms with Crippen molar-refractivity contribution >= 4 is 17.5 Å². The van der Waals surface area contributed by atoms with E-state index in [1.54, 1.807) is 18.7 Å². The van der Waals surface area contributed by atoms with Gasteiger partial charge in [-0.2, -0.15) is 5.26 Å². The summed E-state index contributed by atoms with van der Waals surface area (Å²) in [6.07, 6.45) is 1.99. The van der Waals surface area contributed by atoms with E-state index in [0.717, 1.165) is 10.5 Å². The molecule has 1 aromatic rings. The van der Waals surface area contributed by atoms with Crippen LogP contribution in [0.15, 0.2) is 34.7 Å². The average molecular weight is 204 g/mol. The third-order valence-corrected chi connectivity index (χ3v) is 2.76. The summed E-state index contributed by atoms with van der Waals surface area (Å²) in [4.78, 5) is 1.10. The van der Waals surface area contributed by atoms with Gasteiger partial charge < -0.3 is 5.73 Å². The molecule has 1 aromatic carbocycles. The Morgan fingerprint density at radius 2 is 2.07 bits per heavy atom. The molecular formula is C11H12N2S. The number of hydrogen-bond donors (Lipinski definition) is 1. The van der Waals surface area contributed by atoms with E-state index in [9.17, 15) is 0 Å². The Balaban J connectivity index is 3.27. The van der Waals surface area contributed by atoms with Crippen LogP contribution in [0.2, 0.25) is 0 Å². The van der Waals surface area contributed by atoms with Crippen LogP contribution >= 0.6 is 11.8 Å². The average Bonchev–Trinajstić information content (AvgIpc) is 2.26. The van der Waals surface area contributed by atoms with Crippen LogP contribution in [0.25, 0.3) is 5.70 Å². The summed E-state index contributed by atoms with van der Waals surface area (Å²) in [5.41, 5.74) is 7.94. The van der Waals surface area contributed by atoms with Crippen LogP contribution in [0.4, 0.5) is 0 Å². The molecule has 0 atom stereocenters. The van der Waals surface area contributed by atoms with E-state index in [2.05, 4.69) is 6.07 Å². The van der Waals surface area contributed by atoms with E-state index in [1.807, 2.05) is 30.5 Å². The van der Waals surface area contributed by atoms with Crippen molar-refractivity contribution in [1.29, 1.82) is 5.26 Å². The molecule has 0 bridgehead atoms. The molecule has 72 valence electrons. The third-order valence-electron chi connectivity index (χ3n) is 1.97. The molecule has 0 fully saturated rings. The molecule has 0 unspecified atom stereocenters. The normalized spacial score (nSPS) is 11.8. The van der Waals surface area contributed by atoms with Gasteiger partial charge in [-0.3, -0.25) is 0 Å². The summed E-state index contributed by atoms with van der Waals surface area (Å²) in [5.74, 6) is 0. The van der Waals surface area contributed by atoms with Crippen LogP contribution in [0.5, 0.6) is 0 Å². The molecular weight excluding hydrogens is 192 g/mol. The minimum Gasteiger partial charge on any atom is -0.397 e. The van der Waals surface area contributed by atoms with Gasteiger partial charge in [-0.15, -0.1) is 11.8 Å². The molecule has 0 aromatic heterocycles. The van der Waals surface area contributed by atoms with Gasteiger partial charge in [0.15, 0.2) is 0 Å². The van der Waals surface area contributed by atoms with Gasteiger partial charge >= 0.3 is 0 Å². The van der Waals surface area contributed by atoms with E-state index >= 15 is 0 Å². The van der Waals surface area contributed by atoms with Crippen molar-refractivity contribution in [2.75, 3.05) is 6.26 Å². The van der Waals surface area contributed by atoms with Crippen LogP contribution in [-0.2, 0) is 0 Å².